The molecule has 0 atom stereocenters. The van der Waals surface area contributed by atoms with Crippen LogP contribution in [0.1, 0.15) is 41.5 Å². The van der Waals surface area contributed by atoms with Gasteiger partial charge in [-0.1, -0.05) is 20.8 Å². The summed E-state index contributed by atoms with van der Waals surface area (Å²) in [5.74, 6) is -0.366. The van der Waals surface area contributed by atoms with Gasteiger partial charge in [-0.15, -0.1) is 0 Å². The number of hydrogen-bond donors (Lipinski definition) is 0. The fraction of sp³-hybridized carbons (Fsp3) is 0.889. The maximum atomic E-state index is 11.4. The van der Waals surface area contributed by atoms with Crippen molar-refractivity contribution in [3.8, 4) is 0 Å². The second-order valence-electron chi connectivity index (χ2n) is 5.02. The first-order valence-corrected chi connectivity index (χ1v) is 4.08. The van der Waals surface area contributed by atoms with E-state index in [0.29, 0.717) is 5.06 Å². The molecule has 0 aliphatic carbocycles. The van der Waals surface area contributed by atoms with E-state index in [0.717, 1.165) is 0 Å². The highest BCUT2D eigenvalue weighted by Gasteiger charge is 2.27. The van der Waals surface area contributed by atoms with Crippen LogP contribution in [0.2, 0.25) is 0 Å². The molecule has 0 saturated heterocycles. The van der Waals surface area contributed by atoms with Gasteiger partial charge in [0.2, 0.25) is 5.91 Å². The Labute approximate surface area is 74.3 Å². The van der Waals surface area contributed by atoms with Crippen LogP contribution in [-0.2, 0) is 4.79 Å². The van der Waals surface area contributed by atoms with E-state index in [4.69, 9.17) is 0 Å². The monoisotopic (exact) mass is 172 g/mol. The summed E-state index contributed by atoms with van der Waals surface area (Å²) in [7, 11) is 0. The van der Waals surface area contributed by atoms with Crippen molar-refractivity contribution in [2.24, 2.45) is 5.41 Å². The standard InChI is InChI=1S/C9H18NO2/c1-8(2,3)7(11)10(12)9(4,5)6/h1-6H3/q-1. The first kappa shape index (κ1) is 11.4. The Kier molecular flexibility index (Phi) is 2.91. The van der Waals surface area contributed by atoms with Crippen molar-refractivity contribution in [3.63, 3.8) is 0 Å². The van der Waals surface area contributed by atoms with Gasteiger partial charge >= 0.3 is 0 Å². The van der Waals surface area contributed by atoms with Crippen molar-refractivity contribution < 1.29 is 4.79 Å². The Bertz CT molecular complexity index is 174. The lowest BCUT2D eigenvalue weighted by atomic mass is 9.93. The van der Waals surface area contributed by atoms with Crippen LogP contribution < -0.4 is 0 Å². The normalized spacial score (nSPS) is 12.9. The largest absolute Gasteiger partial charge is 0.756 e. The molecule has 0 saturated carbocycles. The lowest BCUT2D eigenvalue weighted by Gasteiger charge is -2.44. The quantitative estimate of drug-likeness (QED) is 0.525. The molecule has 0 unspecified atom stereocenters. The maximum Gasteiger partial charge on any atom is 0.217 e. The first-order chi connectivity index (χ1) is 5.07. The van der Waals surface area contributed by atoms with E-state index >= 15 is 0 Å². The third kappa shape index (κ3) is 2.81. The molecule has 0 heterocycles. The van der Waals surface area contributed by atoms with E-state index < -0.39 is 11.0 Å². The smallest absolute Gasteiger partial charge is 0.217 e. The summed E-state index contributed by atoms with van der Waals surface area (Å²) >= 11 is 0. The minimum absolute atomic E-state index is 0.366. The molecule has 1 amide bonds. The summed E-state index contributed by atoms with van der Waals surface area (Å²) < 4.78 is 0. The van der Waals surface area contributed by atoms with Crippen LogP contribution in [0.25, 0.3) is 0 Å². The highest BCUT2D eigenvalue weighted by atomic mass is 16.5. The Morgan fingerprint density at radius 1 is 1.08 bits per heavy atom. The van der Waals surface area contributed by atoms with Crippen LogP contribution in [0.3, 0.4) is 0 Å². The van der Waals surface area contributed by atoms with Crippen LogP contribution in [0.4, 0.5) is 0 Å². The Morgan fingerprint density at radius 2 is 1.42 bits per heavy atom. The molecule has 0 rings (SSSR count). The van der Waals surface area contributed by atoms with Gasteiger partial charge in [0, 0.05) is 11.0 Å². The van der Waals surface area contributed by atoms with Crippen molar-refractivity contribution in [2.45, 2.75) is 47.1 Å². The predicted molar refractivity (Wildman–Crippen MR) is 49.4 cm³/mol. The Hall–Kier alpha value is -0.570. The van der Waals surface area contributed by atoms with Gasteiger partial charge in [0.1, 0.15) is 0 Å². The number of hydrogen-bond acceptors (Lipinski definition) is 2. The zero-order chi connectivity index (χ0) is 10.2. The van der Waals surface area contributed by atoms with E-state index in [9.17, 15) is 10.0 Å². The molecular weight excluding hydrogens is 154 g/mol. The van der Waals surface area contributed by atoms with Gasteiger partial charge in [-0.25, -0.2) is 0 Å². The maximum absolute atomic E-state index is 11.4. The highest BCUT2D eigenvalue weighted by molar-refractivity contribution is 5.82. The third-order valence-electron chi connectivity index (χ3n) is 1.44. The zero-order valence-corrected chi connectivity index (χ0v) is 8.76. The van der Waals surface area contributed by atoms with Crippen molar-refractivity contribution >= 4 is 5.91 Å². The average molecular weight is 172 g/mol. The third-order valence-corrected chi connectivity index (χ3v) is 1.44. The Morgan fingerprint density at radius 3 is 1.50 bits per heavy atom. The summed E-state index contributed by atoms with van der Waals surface area (Å²) in [6.07, 6.45) is 0. The van der Waals surface area contributed by atoms with E-state index in [2.05, 4.69) is 0 Å². The van der Waals surface area contributed by atoms with Crippen LogP contribution >= 0.6 is 0 Å². The lowest BCUT2D eigenvalue weighted by molar-refractivity contribution is -0.140. The molecule has 0 spiro atoms. The summed E-state index contributed by atoms with van der Waals surface area (Å²) in [5, 5.41) is 11.9. The molecule has 0 aromatic carbocycles. The second kappa shape index (κ2) is 3.05. The minimum Gasteiger partial charge on any atom is -0.756 e. The second-order valence-corrected chi connectivity index (χ2v) is 5.02. The molecular formula is C9H18NO2-. The highest BCUT2D eigenvalue weighted by Crippen LogP contribution is 2.22. The Balaban J connectivity index is 4.53. The van der Waals surface area contributed by atoms with Crippen LogP contribution in [0.15, 0.2) is 0 Å². The number of nitrogens with zero attached hydrogens (tertiary/aromatic N) is 1. The predicted octanol–water partition coefficient (Wildman–Crippen LogP) is 2.16. The van der Waals surface area contributed by atoms with Crippen molar-refractivity contribution in [3.05, 3.63) is 5.21 Å². The summed E-state index contributed by atoms with van der Waals surface area (Å²) in [5.41, 5.74) is -1.22. The number of carbonyl (C=O) groups is 1. The van der Waals surface area contributed by atoms with Gasteiger partial charge in [0.05, 0.1) is 0 Å². The van der Waals surface area contributed by atoms with Gasteiger partial charge in [0.15, 0.2) is 0 Å². The van der Waals surface area contributed by atoms with E-state index in [1.807, 2.05) is 0 Å². The van der Waals surface area contributed by atoms with Gasteiger partial charge in [0.25, 0.3) is 0 Å². The number of rotatable bonds is 0. The van der Waals surface area contributed by atoms with Gasteiger partial charge in [-0.2, -0.15) is 0 Å². The minimum atomic E-state index is -0.635. The average Bonchev–Trinajstić information content (AvgIpc) is 1.80. The van der Waals surface area contributed by atoms with Gasteiger partial charge in [-0.05, 0) is 20.8 Å². The fourth-order valence-corrected chi connectivity index (χ4v) is 0.609. The van der Waals surface area contributed by atoms with Crippen molar-refractivity contribution in [2.75, 3.05) is 0 Å². The molecule has 72 valence electrons. The van der Waals surface area contributed by atoms with Crippen LogP contribution in [0, 0.1) is 10.6 Å². The number of amides is 1. The molecule has 0 fully saturated rings. The molecule has 0 radical (unpaired) electrons. The van der Waals surface area contributed by atoms with E-state index in [1.54, 1.807) is 41.5 Å². The summed E-state index contributed by atoms with van der Waals surface area (Å²) in [6, 6.07) is 0. The SMILES string of the molecule is CC(C)(C)C(=O)N([O-])C(C)(C)C. The molecule has 0 aliphatic rings. The number of carbonyl (C=O) groups excluding carboxylic acids is 1. The summed E-state index contributed by atoms with van der Waals surface area (Å²) in [4.78, 5) is 11.4. The zero-order valence-electron chi connectivity index (χ0n) is 8.76. The molecule has 0 aromatic rings. The molecule has 3 nitrogen and oxygen atoms in total. The molecule has 0 bridgehead atoms. The molecule has 0 N–H and O–H groups in total. The molecule has 0 aliphatic heterocycles. The van der Waals surface area contributed by atoms with Gasteiger partial charge < -0.3 is 10.3 Å². The van der Waals surface area contributed by atoms with Crippen LogP contribution in [0.5, 0.6) is 0 Å². The van der Waals surface area contributed by atoms with Crippen molar-refractivity contribution in [1.29, 1.82) is 0 Å². The van der Waals surface area contributed by atoms with E-state index in [-0.39, 0.29) is 5.91 Å². The number of hydroxylamine groups is 2. The fourth-order valence-electron chi connectivity index (χ4n) is 0.609. The van der Waals surface area contributed by atoms with Crippen molar-refractivity contribution in [1.82, 2.24) is 5.06 Å². The topological polar surface area (TPSA) is 43.4 Å². The van der Waals surface area contributed by atoms with Crippen LogP contribution in [-0.4, -0.2) is 16.5 Å². The first-order valence-electron chi connectivity index (χ1n) is 4.08. The lowest BCUT2D eigenvalue weighted by Crippen LogP contribution is -2.46. The van der Waals surface area contributed by atoms with Gasteiger partial charge in [-0.3, -0.25) is 4.79 Å². The molecule has 3 heteroatoms. The summed E-state index contributed by atoms with van der Waals surface area (Å²) in [6.45, 7) is 10.4. The molecule has 12 heavy (non-hydrogen) atoms. The molecule has 0 aromatic heterocycles. The van der Waals surface area contributed by atoms with E-state index in [1.165, 1.54) is 0 Å².